The van der Waals surface area contributed by atoms with Gasteiger partial charge in [-0.05, 0) is 25.6 Å². The summed E-state index contributed by atoms with van der Waals surface area (Å²) in [4.78, 5) is 21.2. The SMILES string of the molecule is Cn1c(=O)c(C2(F)CCP(C)(=O)CC2)cc2c(NCc3cccc(C(F)F)c3F)ncnc21. The number of aromatic nitrogens is 3. The van der Waals surface area contributed by atoms with Crippen LogP contribution in [0, 0.1) is 5.82 Å². The molecule has 11 heteroatoms. The third kappa shape index (κ3) is 4.40. The van der Waals surface area contributed by atoms with Crippen LogP contribution in [0.4, 0.5) is 23.4 Å². The molecule has 0 aliphatic carbocycles. The molecule has 1 fully saturated rings. The lowest BCUT2D eigenvalue weighted by Gasteiger charge is -2.32. The number of hydrogen-bond acceptors (Lipinski definition) is 5. The highest BCUT2D eigenvalue weighted by atomic mass is 31.2. The van der Waals surface area contributed by atoms with Gasteiger partial charge in [0.2, 0.25) is 0 Å². The summed E-state index contributed by atoms with van der Waals surface area (Å²) in [5.41, 5.74) is -2.99. The van der Waals surface area contributed by atoms with Crippen LogP contribution >= 0.6 is 7.14 Å². The first-order valence-electron chi connectivity index (χ1n) is 10.4. The zero-order valence-corrected chi connectivity index (χ0v) is 19.0. The Bertz CT molecular complexity index is 1320. The second kappa shape index (κ2) is 8.56. The average Bonchev–Trinajstić information content (AvgIpc) is 2.77. The molecule has 0 amide bonds. The molecule has 3 aromatic rings. The second-order valence-corrected chi connectivity index (χ2v) is 12.1. The van der Waals surface area contributed by atoms with Crippen molar-refractivity contribution in [3.63, 3.8) is 0 Å². The van der Waals surface area contributed by atoms with E-state index in [1.54, 1.807) is 6.66 Å². The fourth-order valence-electron chi connectivity index (χ4n) is 4.15. The maximum absolute atomic E-state index is 15.9. The summed E-state index contributed by atoms with van der Waals surface area (Å²) in [6.45, 7) is 1.49. The number of halogens is 4. The van der Waals surface area contributed by atoms with Gasteiger partial charge in [-0.3, -0.25) is 9.36 Å². The Morgan fingerprint density at radius 3 is 2.61 bits per heavy atom. The number of fused-ring (bicyclic) bond motifs is 1. The number of benzene rings is 1. The summed E-state index contributed by atoms with van der Waals surface area (Å²) in [7, 11) is -0.941. The van der Waals surface area contributed by atoms with E-state index in [4.69, 9.17) is 0 Å². The van der Waals surface area contributed by atoms with Crippen molar-refractivity contribution in [3.05, 3.63) is 63.5 Å². The third-order valence-corrected chi connectivity index (χ3v) is 8.58. The lowest BCUT2D eigenvalue weighted by molar-refractivity contribution is 0.145. The number of alkyl halides is 3. The predicted molar refractivity (Wildman–Crippen MR) is 119 cm³/mol. The van der Waals surface area contributed by atoms with E-state index in [0.29, 0.717) is 5.39 Å². The summed E-state index contributed by atoms with van der Waals surface area (Å²) >= 11 is 0. The van der Waals surface area contributed by atoms with Gasteiger partial charge >= 0.3 is 0 Å². The fraction of sp³-hybridized carbons (Fsp3) is 0.409. The minimum Gasteiger partial charge on any atom is -0.365 e. The van der Waals surface area contributed by atoms with Crippen LogP contribution in [0.3, 0.4) is 0 Å². The molecule has 1 aliphatic rings. The molecule has 0 unspecified atom stereocenters. The molecule has 33 heavy (non-hydrogen) atoms. The van der Waals surface area contributed by atoms with Crippen LogP contribution in [0.1, 0.15) is 36.0 Å². The van der Waals surface area contributed by atoms with E-state index in [1.807, 2.05) is 0 Å². The zero-order valence-electron chi connectivity index (χ0n) is 18.1. The fourth-order valence-corrected chi connectivity index (χ4v) is 6.03. The molecule has 1 aliphatic heterocycles. The van der Waals surface area contributed by atoms with Crippen LogP contribution in [0.2, 0.25) is 0 Å². The average molecular weight is 482 g/mol. The highest BCUT2D eigenvalue weighted by Crippen LogP contribution is 2.53. The van der Waals surface area contributed by atoms with E-state index in [1.165, 1.54) is 36.1 Å². The molecular weight excluding hydrogens is 459 g/mol. The molecule has 1 aromatic carbocycles. The number of aryl methyl sites for hydroxylation is 1. The molecule has 176 valence electrons. The van der Waals surface area contributed by atoms with E-state index < -0.39 is 36.2 Å². The van der Waals surface area contributed by atoms with Crippen LogP contribution in [0.25, 0.3) is 11.0 Å². The number of nitrogens with one attached hydrogen (secondary N) is 1. The van der Waals surface area contributed by atoms with Crippen LogP contribution in [0.15, 0.2) is 35.4 Å². The van der Waals surface area contributed by atoms with Gasteiger partial charge in [0.25, 0.3) is 12.0 Å². The molecule has 4 rings (SSSR count). The van der Waals surface area contributed by atoms with E-state index in [9.17, 15) is 22.5 Å². The van der Waals surface area contributed by atoms with E-state index in [0.717, 1.165) is 6.07 Å². The van der Waals surface area contributed by atoms with Gasteiger partial charge in [0, 0.05) is 31.5 Å². The highest BCUT2D eigenvalue weighted by Gasteiger charge is 2.42. The first kappa shape index (κ1) is 23.4. The van der Waals surface area contributed by atoms with Crippen LogP contribution in [-0.2, 0) is 23.8 Å². The van der Waals surface area contributed by atoms with Crippen molar-refractivity contribution < 1.29 is 22.1 Å². The van der Waals surface area contributed by atoms with E-state index in [2.05, 4.69) is 15.3 Å². The van der Waals surface area contributed by atoms with Gasteiger partial charge in [-0.2, -0.15) is 0 Å². The van der Waals surface area contributed by atoms with E-state index in [-0.39, 0.29) is 54.3 Å². The van der Waals surface area contributed by atoms with Gasteiger partial charge in [-0.25, -0.2) is 27.5 Å². The molecule has 6 nitrogen and oxygen atoms in total. The maximum atomic E-state index is 15.9. The Morgan fingerprint density at radius 2 is 1.94 bits per heavy atom. The summed E-state index contributed by atoms with van der Waals surface area (Å²) in [5.74, 6) is -0.806. The summed E-state index contributed by atoms with van der Waals surface area (Å²) in [6, 6.07) is 5.12. The third-order valence-electron chi connectivity index (χ3n) is 6.24. The minimum absolute atomic E-state index is 0.0116. The summed E-state index contributed by atoms with van der Waals surface area (Å²) in [6.07, 6.45) is -1.37. The molecule has 1 saturated heterocycles. The zero-order chi connectivity index (χ0) is 24.0. The number of nitrogens with zero attached hydrogens (tertiary/aromatic N) is 3. The van der Waals surface area contributed by atoms with Crippen LogP contribution in [0.5, 0.6) is 0 Å². The molecular formula is C22H23F4N4O2P. The van der Waals surface area contributed by atoms with Gasteiger partial charge in [-0.15, -0.1) is 0 Å². The normalized spacial score (nSPS) is 23.2. The van der Waals surface area contributed by atoms with Crippen molar-refractivity contribution >= 4 is 24.0 Å². The quantitative estimate of drug-likeness (QED) is 0.411. The van der Waals surface area contributed by atoms with Crippen LogP contribution in [-0.4, -0.2) is 33.5 Å². The van der Waals surface area contributed by atoms with Crippen molar-refractivity contribution in [2.45, 2.75) is 31.5 Å². The van der Waals surface area contributed by atoms with Crippen molar-refractivity contribution in [3.8, 4) is 0 Å². The minimum atomic E-state index is -2.95. The highest BCUT2D eigenvalue weighted by molar-refractivity contribution is 7.63. The Balaban J connectivity index is 1.73. The molecule has 0 bridgehead atoms. The number of rotatable bonds is 5. The Labute approximate surface area is 187 Å². The van der Waals surface area contributed by atoms with Crippen molar-refractivity contribution in [2.75, 3.05) is 24.3 Å². The second-order valence-electron chi connectivity index (χ2n) is 8.57. The molecule has 0 atom stereocenters. The number of anilines is 1. The molecule has 0 radical (unpaired) electrons. The number of pyridine rings is 1. The molecule has 1 N–H and O–H groups in total. The largest absolute Gasteiger partial charge is 0.365 e. The lowest BCUT2D eigenvalue weighted by atomic mass is 9.90. The Kier molecular flexibility index (Phi) is 6.07. The molecule has 2 aromatic heterocycles. The number of hydrogen-bond donors (Lipinski definition) is 1. The Morgan fingerprint density at radius 1 is 1.24 bits per heavy atom. The van der Waals surface area contributed by atoms with Gasteiger partial charge in [0.15, 0.2) is 0 Å². The smallest absolute Gasteiger partial charge is 0.266 e. The summed E-state index contributed by atoms with van der Waals surface area (Å²) in [5, 5.41) is 3.23. The van der Waals surface area contributed by atoms with Gasteiger partial charge in [0.05, 0.1) is 23.7 Å². The van der Waals surface area contributed by atoms with Crippen molar-refractivity contribution in [2.24, 2.45) is 7.05 Å². The summed E-state index contributed by atoms with van der Waals surface area (Å²) < 4.78 is 69.8. The molecule has 0 saturated carbocycles. The van der Waals surface area contributed by atoms with Gasteiger partial charge < -0.3 is 9.88 Å². The monoisotopic (exact) mass is 482 g/mol. The Hall–Kier alpha value is -2.74. The topological polar surface area (TPSA) is 76.9 Å². The van der Waals surface area contributed by atoms with Crippen molar-refractivity contribution in [1.82, 2.24) is 14.5 Å². The first-order valence-corrected chi connectivity index (χ1v) is 12.9. The molecule has 3 heterocycles. The maximum Gasteiger partial charge on any atom is 0.266 e. The van der Waals surface area contributed by atoms with Gasteiger partial charge in [-0.1, -0.05) is 18.2 Å². The van der Waals surface area contributed by atoms with Crippen molar-refractivity contribution in [1.29, 1.82) is 0 Å². The lowest BCUT2D eigenvalue weighted by Crippen LogP contribution is -2.36. The standard InChI is InChI=1S/C22H23F4N4O2P/c1-30-20-15(10-16(21(30)31)22(26)6-8-33(2,32)9-7-22)19(28-12-29-20)27-11-13-4-3-5-14(17(13)23)18(24)25/h3-5,10,12,18H,6-9,11H2,1-2H3,(H,27,28,29). The predicted octanol–water partition coefficient (Wildman–Crippen LogP) is 4.97. The van der Waals surface area contributed by atoms with Gasteiger partial charge in [0.1, 0.15) is 29.3 Å². The van der Waals surface area contributed by atoms with E-state index >= 15 is 4.39 Å². The first-order chi connectivity index (χ1) is 15.5. The van der Waals surface area contributed by atoms with Crippen LogP contribution < -0.4 is 10.9 Å². The molecule has 0 spiro atoms.